The normalized spacial score (nSPS) is 11.7. The van der Waals surface area contributed by atoms with Gasteiger partial charge in [-0.05, 0) is 31.2 Å². The van der Waals surface area contributed by atoms with E-state index in [1.165, 1.54) is 5.41 Å². The van der Waals surface area contributed by atoms with Crippen molar-refractivity contribution in [2.45, 2.75) is 11.8 Å². The molecule has 2 rings (SSSR count). The lowest BCUT2D eigenvalue weighted by Crippen LogP contribution is -1.96. The van der Waals surface area contributed by atoms with Crippen LogP contribution in [0, 0.1) is 0 Å². The molecule has 104 valence electrons. The van der Waals surface area contributed by atoms with Gasteiger partial charge in [0.25, 0.3) is 0 Å². The molecule has 0 aromatic heterocycles. The van der Waals surface area contributed by atoms with E-state index in [9.17, 15) is 8.42 Å². The van der Waals surface area contributed by atoms with Gasteiger partial charge in [0.1, 0.15) is 5.75 Å². The van der Waals surface area contributed by atoms with Crippen LogP contribution in [0.1, 0.15) is 12.5 Å². The van der Waals surface area contributed by atoms with Gasteiger partial charge in [-0.1, -0.05) is 36.4 Å². The van der Waals surface area contributed by atoms with Gasteiger partial charge in [0.15, 0.2) is 9.84 Å². The van der Waals surface area contributed by atoms with Crippen LogP contribution in [0.15, 0.2) is 64.9 Å². The summed E-state index contributed by atoms with van der Waals surface area (Å²) < 4.78 is 29.8. The predicted molar refractivity (Wildman–Crippen MR) is 80.3 cm³/mol. The van der Waals surface area contributed by atoms with Crippen molar-refractivity contribution in [2.24, 2.45) is 0 Å². The molecule has 0 saturated heterocycles. The number of ether oxygens (including phenoxy) is 1. The third-order valence-electron chi connectivity index (χ3n) is 2.72. The van der Waals surface area contributed by atoms with Gasteiger partial charge in [-0.25, -0.2) is 8.42 Å². The number of benzene rings is 2. The van der Waals surface area contributed by atoms with E-state index in [1.807, 2.05) is 31.2 Å². The van der Waals surface area contributed by atoms with Crippen LogP contribution in [0.2, 0.25) is 0 Å². The van der Waals surface area contributed by atoms with Crippen LogP contribution in [0.5, 0.6) is 5.75 Å². The summed E-state index contributed by atoms with van der Waals surface area (Å²) in [5.41, 5.74) is 0.744. The summed E-state index contributed by atoms with van der Waals surface area (Å²) in [4.78, 5) is 0.283. The first-order chi connectivity index (χ1) is 9.63. The summed E-state index contributed by atoms with van der Waals surface area (Å²) in [5.74, 6) is 0.675. The zero-order chi connectivity index (χ0) is 14.4. The van der Waals surface area contributed by atoms with E-state index in [4.69, 9.17) is 4.74 Å². The zero-order valence-electron chi connectivity index (χ0n) is 11.2. The largest absolute Gasteiger partial charge is 0.493 e. The van der Waals surface area contributed by atoms with E-state index in [2.05, 4.69) is 0 Å². The predicted octanol–water partition coefficient (Wildman–Crippen LogP) is 3.53. The first-order valence-corrected chi connectivity index (χ1v) is 7.88. The van der Waals surface area contributed by atoms with Crippen LogP contribution in [0.3, 0.4) is 0 Å². The molecule has 0 N–H and O–H groups in total. The highest BCUT2D eigenvalue weighted by Gasteiger charge is 2.09. The molecule has 3 nitrogen and oxygen atoms in total. The summed E-state index contributed by atoms with van der Waals surface area (Å²) in [6, 6.07) is 15.7. The Morgan fingerprint density at radius 2 is 1.65 bits per heavy atom. The summed E-state index contributed by atoms with van der Waals surface area (Å²) in [6.45, 7) is 2.43. The van der Waals surface area contributed by atoms with E-state index >= 15 is 0 Å². The van der Waals surface area contributed by atoms with Gasteiger partial charge in [0.05, 0.1) is 11.5 Å². The third kappa shape index (κ3) is 3.48. The summed E-state index contributed by atoms with van der Waals surface area (Å²) in [7, 11) is -3.43. The summed E-state index contributed by atoms with van der Waals surface area (Å²) >= 11 is 0. The fraction of sp³-hybridized carbons (Fsp3) is 0.125. The molecule has 0 aliphatic rings. The van der Waals surface area contributed by atoms with Crippen molar-refractivity contribution in [3.8, 4) is 5.75 Å². The van der Waals surface area contributed by atoms with E-state index in [0.29, 0.717) is 12.4 Å². The second-order valence-electron chi connectivity index (χ2n) is 4.13. The van der Waals surface area contributed by atoms with Crippen LogP contribution in [0.25, 0.3) is 6.08 Å². The Labute approximate surface area is 119 Å². The van der Waals surface area contributed by atoms with Gasteiger partial charge in [-0.3, -0.25) is 0 Å². The standard InChI is InChI=1S/C16H16O3S/c1-2-19-16-11-7-6-8-14(16)12-13-20(17,18)15-9-4-3-5-10-15/h3-13H,2H2,1H3. The second-order valence-corrected chi connectivity index (χ2v) is 5.97. The average Bonchev–Trinajstić information content (AvgIpc) is 2.48. The Hall–Kier alpha value is -2.07. The highest BCUT2D eigenvalue weighted by Crippen LogP contribution is 2.21. The Bertz CT molecular complexity index is 689. The quantitative estimate of drug-likeness (QED) is 0.845. The van der Waals surface area contributed by atoms with Gasteiger partial charge < -0.3 is 4.74 Å². The highest BCUT2D eigenvalue weighted by atomic mass is 32.2. The van der Waals surface area contributed by atoms with Crippen LogP contribution in [-0.4, -0.2) is 15.0 Å². The Morgan fingerprint density at radius 1 is 1.00 bits per heavy atom. The second kappa shape index (κ2) is 6.39. The average molecular weight is 288 g/mol. The highest BCUT2D eigenvalue weighted by molar-refractivity contribution is 7.94. The van der Waals surface area contributed by atoms with Crippen molar-refractivity contribution in [1.29, 1.82) is 0 Å². The molecule has 4 heteroatoms. The van der Waals surface area contributed by atoms with Crippen molar-refractivity contribution in [3.05, 3.63) is 65.6 Å². The molecule has 0 aliphatic carbocycles. The van der Waals surface area contributed by atoms with Gasteiger partial charge >= 0.3 is 0 Å². The van der Waals surface area contributed by atoms with Crippen molar-refractivity contribution >= 4 is 15.9 Å². The molecule has 0 saturated carbocycles. The maximum absolute atomic E-state index is 12.1. The van der Waals surface area contributed by atoms with Gasteiger partial charge in [0.2, 0.25) is 0 Å². The smallest absolute Gasteiger partial charge is 0.199 e. The molecule has 0 heterocycles. The molecule has 0 spiro atoms. The van der Waals surface area contributed by atoms with Crippen LogP contribution >= 0.6 is 0 Å². The molecule has 0 amide bonds. The van der Waals surface area contributed by atoms with Crippen LogP contribution < -0.4 is 4.74 Å². The number of sulfone groups is 1. The minimum atomic E-state index is -3.43. The molecule has 0 bridgehead atoms. The SMILES string of the molecule is CCOc1ccccc1C=CS(=O)(=O)c1ccccc1. The lowest BCUT2D eigenvalue weighted by atomic mass is 10.2. The van der Waals surface area contributed by atoms with E-state index in [1.54, 1.807) is 36.4 Å². The number of hydrogen-bond acceptors (Lipinski definition) is 3. The van der Waals surface area contributed by atoms with Crippen molar-refractivity contribution in [1.82, 2.24) is 0 Å². The zero-order valence-corrected chi connectivity index (χ0v) is 12.0. The van der Waals surface area contributed by atoms with Gasteiger partial charge in [-0.2, -0.15) is 0 Å². The van der Waals surface area contributed by atoms with Crippen molar-refractivity contribution in [3.63, 3.8) is 0 Å². The fourth-order valence-corrected chi connectivity index (χ4v) is 2.78. The monoisotopic (exact) mass is 288 g/mol. The van der Waals surface area contributed by atoms with E-state index in [-0.39, 0.29) is 4.90 Å². The summed E-state index contributed by atoms with van der Waals surface area (Å²) in [6.07, 6.45) is 1.56. The van der Waals surface area contributed by atoms with E-state index < -0.39 is 9.84 Å². The van der Waals surface area contributed by atoms with Crippen LogP contribution in [0.4, 0.5) is 0 Å². The molecule has 0 fully saturated rings. The van der Waals surface area contributed by atoms with Gasteiger partial charge in [-0.15, -0.1) is 0 Å². The molecule has 2 aromatic rings. The number of rotatable bonds is 5. The molecule has 20 heavy (non-hydrogen) atoms. The Kier molecular flexibility index (Phi) is 4.58. The van der Waals surface area contributed by atoms with Crippen LogP contribution in [-0.2, 0) is 9.84 Å². The maximum atomic E-state index is 12.1. The lowest BCUT2D eigenvalue weighted by Gasteiger charge is -2.06. The van der Waals surface area contributed by atoms with E-state index in [0.717, 1.165) is 5.56 Å². The molecule has 0 atom stereocenters. The molecular formula is C16H16O3S. The maximum Gasteiger partial charge on any atom is 0.199 e. The van der Waals surface area contributed by atoms with Gasteiger partial charge in [0, 0.05) is 11.0 Å². The van der Waals surface area contributed by atoms with Crippen molar-refractivity contribution in [2.75, 3.05) is 6.61 Å². The number of hydrogen-bond donors (Lipinski definition) is 0. The summed E-state index contributed by atoms with van der Waals surface area (Å²) in [5, 5.41) is 1.21. The number of para-hydroxylation sites is 1. The van der Waals surface area contributed by atoms with Crippen molar-refractivity contribution < 1.29 is 13.2 Å². The first-order valence-electron chi connectivity index (χ1n) is 6.33. The topological polar surface area (TPSA) is 43.4 Å². The Balaban J connectivity index is 2.30. The fourth-order valence-electron chi connectivity index (χ4n) is 1.76. The lowest BCUT2D eigenvalue weighted by molar-refractivity contribution is 0.339. The third-order valence-corrected chi connectivity index (χ3v) is 4.14. The molecule has 0 aliphatic heterocycles. The minimum absolute atomic E-state index is 0.283. The first kappa shape index (κ1) is 14.3. The molecule has 0 radical (unpaired) electrons. The molecule has 2 aromatic carbocycles. The Morgan fingerprint density at radius 3 is 2.35 bits per heavy atom. The minimum Gasteiger partial charge on any atom is -0.493 e. The molecule has 0 unspecified atom stereocenters. The molecular weight excluding hydrogens is 272 g/mol.